The molecule has 1 rings (SSSR count). The van der Waals surface area contributed by atoms with Crippen molar-refractivity contribution in [2.24, 2.45) is 0 Å². The Morgan fingerprint density at radius 3 is 2.60 bits per heavy atom. The fraction of sp³-hybridized carbons (Fsp3) is 0.615. The highest BCUT2D eigenvalue weighted by molar-refractivity contribution is 5.75. The largest absolute Gasteiger partial charge is 0.481 e. The Morgan fingerprint density at radius 1 is 1.40 bits per heavy atom. The van der Waals surface area contributed by atoms with Crippen molar-refractivity contribution in [3.05, 3.63) is 17.0 Å². The first kappa shape index (κ1) is 16.0. The van der Waals surface area contributed by atoms with Crippen molar-refractivity contribution in [3.8, 4) is 0 Å². The Morgan fingerprint density at radius 2 is 2.10 bits per heavy atom. The molecule has 3 N–H and O–H groups in total. The van der Waals surface area contributed by atoms with E-state index in [0.717, 1.165) is 17.7 Å². The Balaban J connectivity index is 2.47. The summed E-state index contributed by atoms with van der Waals surface area (Å²) in [6, 6.07) is -0.744. The molecule has 0 bridgehead atoms. The lowest BCUT2D eigenvalue weighted by Crippen LogP contribution is -2.42. The van der Waals surface area contributed by atoms with Crippen LogP contribution in [0.3, 0.4) is 0 Å². The van der Waals surface area contributed by atoms with E-state index in [0.29, 0.717) is 18.7 Å². The van der Waals surface area contributed by atoms with E-state index in [1.165, 1.54) is 0 Å². The number of nitrogens with one attached hydrogen (secondary N) is 2. The highest BCUT2D eigenvalue weighted by Crippen LogP contribution is 2.11. The van der Waals surface area contributed by atoms with Gasteiger partial charge in [0.05, 0.1) is 12.1 Å². The number of hydrogen-bond donors (Lipinski definition) is 3. The quantitative estimate of drug-likeness (QED) is 0.707. The fourth-order valence-electron chi connectivity index (χ4n) is 1.94. The number of aryl methyl sites for hydroxylation is 2. The van der Waals surface area contributed by atoms with Crippen LogP contribution < -0.4 is 10.6 Å². The van der Waals surface area contributed by atoms with Gasteiger partial charge in [-0.15, -0.1) is 0 Å². The first-order valence-electron chi connectivity index (χ1n) is 6.62. The molecule has 0 saturated carbocycles. The molecule has 0 radical (unpaired) electrons. The van der Waals surface area contributed by atoms with Crippen molar-refractivity contribution in [2.45, 2.75) is 52.6 Å². The van der Waals surface area contributed by atoms with E-state index in [9.17, 15) is 9.59 Å². The average Bonchev–Trinajstić information content (AvgIpc) is 2.66. The van der Waals surface area contributed by atoms with Crippen LogP contribution in [0.2, 0.25) is 0 Å². The predicted octanol–water partition coefficient (Wildman–Crippen LogP) is 1.73. The minimum absolute atomic E-state index is 0.0768. The van der Waals surface area contributed by atoms with E-state index < -0.39 is 5.97 Å². The summed E-state index contributed by atoms with van der Waals surface area (Å²) in [7, 11) is 0. The smallest absolute Gasteiger partial charge is 0.315 e. The first-order valence-corrected chi connectivity index (χ1v) is 6.62. The molecule has 7 heteroatoms. The monoisotopic (exact) mass is 283 g/mol. The summed E-state index contributed by atoms with van der Waals surface area (Å²) in [6.45, 7) is 5.83. The molecule has 20 heavy (non-hydrogen) atoms. The van der Waals surface area contributed by atoms with Crippen LogP contribution in [0.4, 0.5) is 4.79 Å². The number of aromatic nitrogens is 1. The minimum atomic E-state index is -0.922. The lowest BCUT2D eigenvalue weighted by Gasteiger charge is -2.16. The number of nitrogens with zero attached hydrogens (tertiary/aromatic N) is 1. The maximum absolute atomic E-state index is 11.8. The number of carbonyl (C=O) groups excluding carboxylic acids is 1. The second kappa shape index (κ2) is 7.52. The van der Waals surface area contributed by atoms with Crippen molar-refractivity contribution < 1.29 is 19.2 Å². The third-order valence-electron chi connectivity index (χ3n) is 3.00. The van der Waals surface area contributed by atoms with Gasteiger partial charge in [0, 0.05) is 18.2 Å². The number of carboxylic acid groups (broad SMARTS) is 1. The van der Waals surface area contributed by atoms with Gasteiger partial charge in [0.1, 0.15) is 5.76 Å². The van der Waals surface area contributed by atoms with Crippen molar-refractivity contribution in [1.82, 2.24) is 15.8 Å². The molecule has 112 valence electrons. The third kappa shape index (κ3) is 4.91. The summed E-state index contributed by atoms with van der Waals surface area (Å²) in [5, 5.41) is 17.9. The molecule has 2 amide bonds. The van der Waals surface area contributed by atoms with Crippen molar-refractivity contribution in [2.75, 3.05) is 0 Å². The molecule has 0 saturated heterocycles. The molecule has 0 aromatic carbocycles. The highest BCUT2D eigenvalue weighted by Gasteiger charge is 2.16. The molecule has 1 unspecified atom stereocenters. The second-order valence-electron chi connectivity index (χ2n) is 4.71. The Hall–Kier alpha value is -2.05. The maximum atomic E-state index is 11.8. The number of rotatable bonds is 7. The molecule has 1 aromatic rings. The molecule has 1 heterocycles. The Kier molecular flexibility index (Phi) is 6.02. The predicted molar refractivity (Wildman–Crippen MR) is 72.3 cm³/mol. The molecule has 1 aromatic heterocycles. The number of carbonyl (C=O) groups is 2. The zero-order valence-corrected chi connectivity index (χ0v) is 12.0. The van der Waals surface area contributed by atoms with E-state index in [1.807, 2.05) is 6.92 Å². The molecule has 0 spiro atoms. The van der Waals surface area contributed by atoms with Gasteiger partial charge in [-0.3, -0.25) is 4.79 Å². The van der Waals surface area contributed by atoms with E-state index in [1.54, 1.807) is 13.8 Å². The SMILES string of the molecule is CCCC(CC(=O)O)NC(=O)NCc1c(C)noc1C. The summed E-state index contributed by atoms with van der Waals surface area (Å²) in [4.78, 5) is 22.5. The van der Waals surface area contributed by atoms with Gasteiger partial charge in [-0.05, 0) is 20.3 Å². The van der Waals surface area contributed by atoms with Crippen LogP contribution in [0.25, 0.3) is 0 Å². The van der Waals surface area contributed by atoms with Gasteiger partial charge in [-0.25, -0.2) is 4.79 Å². The first-order chi connectivity index (χ1) is 9.43. The van der Waals surface area contributed by atoms with Crippen LogP contribution in [0.5, 0.6) is 0 Å². The molecule has 0 aliphatic carbocycles. The Bertz CT molecular complexity index is 451. The van der Waals surface area contributed by atoms with Gasteiger partial charge in [-0.1, -0.05) is 18.5 Å². The van der Waals surface area contributed by atoms with E-state index in [2.05, 4.69) is 15.8 Å². The zero-order chi connectivity index (χ0) is 15.1. The molecule has 0 aliphatic heterocycles. The number of amides is 2. The van der Waals surface area contributed by atoms with Gasteiger partial charge in [0.15, 0.2) is 0 Å². The zero-order valence-electron chi connectivity index (χ0n) is 12.0. The van der Waals surface area contributed by atoms with Crippen LogP contribution in [0.1, 0.15) is 43.2 Å². The lowest BCUT2D eigenvalue weighted by molar-refractivity contribution is -0.137. The third-order valence-corrected chi connectivity index (χ3v) is 3.00. The highest BCUT2D eigenvalue weighted by atomic mass is 16.5. The van der Waals surface area contributed by atoms with Gasteiger partial charge < -0.3 is 20.3 Å². The lowest BCUT2D eigenvalue weighted by atomic mass is 10.1. The fourth-order valence-corrected chi connectivity index (χ4v) is 1.94. The number of carboxylic acids is 1. The summed E-state index contributed by atoms with van der Waals surface area (Å²) in [5.74, 6) is -0.257. The van der Waals surface area contributed by atoms with E-state index in [4.69, 9.17) is 9.63 Å². The summed E-state index contributed by atoms with van der Waals surface area (Å²) < 4.78 is 5.00. The van der Waals surface area contributed by atoms with Gasteiger partial charge in [0.25, 0.3) is 0 Å². The normalized spacial score (nSPS) is 11.9. The topological polar surface area (TPSA) is 104 Å². The molecule has 0 aliphatic rings. The molecule has 1 atom stereocenters. The van der Waals surface area contributed by atoms with Gasteiger partial charge in [0.2, 0.25) is 0 Å². The van der Waals surface area contributed by atoms with Gasteiger partial charge in [-0.2, -0.15) is 0 Å². The Labute approximate surface area is 117 Å². The molecule has 7 nitrogen and oxygen atoms in total. The summed E-state index contributed by atoms with van der Waals surface area (Å²) in [6.07, 6.45) is 1.36. The molecular weight excluding hydrogens is 262 g/mol. The van der Waals surface area contributed by atoms with E-state index in [-0.39, 0.29) is 18.5 Å². The van der Waals surface area contributed by atoms with Crippen LogP contribution in [-0.4, -0.2) is 28.3 Å². The van der Waals surface area contributed by atoms with Crippen LogP contribution in [-0.2, 0) is 11.3 Å². The standard InChI is InChI=1S/C13H21N3O4/c1-4-5-10(6-12(17)18)15-13(19)14-7-11-8(2)16-20-9(11)3/h10H,4-7H2,1-3H3,(H,17,18)(H2,14,15,19). The van der Waals surface area contributed by atoms with E-state index >= 15 is 0 Å². The van der Waals surface area contributed by atoms with Crippen molar-refractivity contribution in [3.63, 3.8) is 0 Å². The van der Waals surface area contributed by atoms with Crippen molar-refractivity contribution in [1.29, 1.82) is 0 Å². The summed E-state index contributed by atoms with van der Waals surface area (Å²) in [5.41, 5.74) is 1.57. The minimum Gasteiger partial charge on any atom is -0.481 e. The maximum Gasteiger partial charge on any atom is 0.315 e. The number of urea groups is 1. The average molecular weight is 283 g/mol. The molecular formula is C13H21N3O4. The molecule has 0 fully saturated rings. The van der Waals surface area contributed by atoms with Crippen LogP contribution in [0.15, 0.2) is 4.52 Å². The summed E-state index contributed by atoms with van der Waals surface area (Å²) >= 11 is 0. The van der Waals surface area contributed by atoms with Crippen LogP contribution >= 0.6 is 0 Å². The van der Waals surface area contributed by atoms with Crippen LogP contribution in [0, 0.1) is 13.8 Å². The van der Waals surface area contributed by atoms with Crippen molar-refractivity contribution >= 4 is 12.0 Å². The number of aliphatic carboxylic acids is 1. The van der Waals surface area contributed by atoms with Gasteiger partial charge >= 0.3 is 12.0 Å². The number of hydrogen-bond acceptors (Lipinski definition) is 4. The second-order valence-corrected chi connectivity index (χ2v) is 4.71.